The van der Waals surface area contributed by atoms with Crippen LogP contribution in [0.2, 0.25) is 10.0 Å². The third kappa shape index (κ3) is 2.62. The number of carboxylic acids is 1. The number of fused-ring (bicyclic) bond motifs is 1. The summed E-state index contributed by atoms with van der Waals surface area (Å²) >= 11 is 12.0. The predicted octanol–water partition coefficient (Wildman–Crippen LogP) is 2.52. The van der Waals surface area contributed by atoms with Crippen molar-refractivity contribution < 1.29 is 19.4 Å². The van der Waals surface area contributed by atoms with Crippen LogP contribution in [0, 0.1) is 0 Å². The molecule has 0 unspecified atom stereocenters. The Hall–Kier alpha value is -1.46. The van der Waals surface area contributed by atoms with Crippen LogP contribution in [0.15, 0.2) is 12.1 Å². The second-order valence-corrected chi connectivity index (χ2v) is 5.04. The van der Waals surface area contributed by atoms with E-state index in [0.29, 0.717) is 21.3 Å². The van der Waals surface area contributed by atoms with Gasteiger partial charge in [0, 0.05) is 21.3 Å². The fraction of sp³-hybridized carbons (Fsp3) is 0.333. The summed E-state index contributed by atoms with van der Waals surface area (Å²) in [5.41, 5.74) is 0.974. The number of anilines is 1. The number of rotatable bonds is 2. The number of carboxylic acid groups (broad SMARTS) is 1. The van der Waals surface area contributed by atoms with Crippen molar-refractivity contribution in [3.05, 3.63) is 27.7 Å². The highest BCUT2D eigenvalue weighted by molar-refractivity contribution is 6.36. The van der Waals surface area contributed by atoms with Gasteiger partial charge in [-0.05, 0) is 18.6 Å². The Kier molecular flexibility index (Phi) is 3.87. The molecule has 0 fully saturated rings. The molecule has 0 saturated carbocycles. The third-order valence-electron chi connectivity index (χ3n) is 3.03. The van der Waals surface area contributed by atoms with Crippen LogP contribution in [-0.2, 0) is 14.3 Å². The maximum absolute atomic E-state index is 11.8. The van der Waals surface area contributed by atoms with Gasteiger partial charge in [-0.1, -0.05) is 23.2 Å². The molecule has 0 radical (unpaired) electrons. The third-order valence-corrected chi connectivity index (χ3v) is 3.56. The molecule has 5 nitrogen and oxygen atoms in total. The minimum atomic E-state index is -1.05. The van der Waals surface area contributed by atoms with E-state index >= 15 is 0 Å². The first-order valence-corrected chi connectivity index (χ1v) is 6.25. The zero-order chi connectivity index (χ0) is 14.2. The van der Waals surface area contributed by atoms with Gasteiger partial charge in [0.05, 0.1) is 13.0 Å². The van der Waals surface area contributed by atoms with Gasteiger partial charge in [0.2, 0.25) is 0 Å². The van der Waals surface area contributed by atoms with Crippen molar-refractivity contribution >= 4 is 40.8 Å². The highest BCUT2D eigenvalue weighted by atomic mass is 35.5. The Bertz CT molecular complexity index is 547. The van der Waals surface area contributed by atoms with E-state index in [1.165, 1.54) is 13.2 Å². The van der Waals surface area contributed by atoms with Gasteiger partial charge in [0.15, 0.2) is 0 Å². The molecule has 1 heterocycles. The van der Waals surface area contributed by atoms with Crippen LogP contribution in [0.5, 0.6) is 0 Å². The molecule has 1 aromatic carbocycles. The van der Waals surface area contributed by atoms with E-state index in [1.807, 2.05) is 0 Å². The molecular formula is C12H11Cl2NO4. The number of esters is 1. The normalized spacial score (nSPS) is 21.2. The van der Waals surface area contributed by atoms with Crippen molar-refractivity contribution in [1.29, 1.82) is 0 Å². The van der Waals surface area contributed by atoms with Crippen LogP contribution in [0.25, 0.3) is 0 Å². The van der Waals surface area contributed by atoms with Crippen molar-refractivity contribution in [3.63, 3.8) is 0 Å². The average Bonchev–Trinajstić information content (AvgIpc) is 2.35. The summed E-state index contributed by atoms with van der Waals surface area (Å²) in [7, 11) is 1.25. The zero-order valence-corrected chi connectivity index (χ0v) is 11.5. The standard InChI is InChI=1S/C12H11Cl2NO4/c1-19-12(18)6-4-9(11(16)17)15-8-3-5(13)2-7(14)10(6)8/h2-3,6,9,15H,4H2,1H3,(H,16,17)/t6-,9-/m0/s1. The van der Waals surface area contributed by atoms with Crippen molar-refractivity contribution in [2.75, 3.05) is 12.4 Å². The first kappa shape index (κ1) is 14.0. The molecule has 2 rings (SSSR count). The van der Waals surface area contributed by atoms with Crippen LogP contribution in [0.1, 0.15) is 17.9 Å². The van der Waals surface area contributed by atoms with Gasteiger partial charge in [0.1, 0.15) is 6.04 Å². The van der Waals surface area contributed by atoms with E-state index < -0.39 is 23.9 Å². The lowest BCUT2D eigenvalue weighted by molar-refractivity contribution is -0.143. The zero-order valence-electron chi connectivity index (χ0n) is 9.94. The van der Waals surface area contributed by atoms with Gasteiger partial charge in [0.25, 0.3) is 0 Å². The molecule has 1 aromatic rings. The summed E-state index contributed by atoms with van der Waals surface area (Å²) in [6, 6.07) is 2.18. The highest BCUT2D eigenvalue weighted by Gasteiger charge is 2.37. The molecule has 2 N–H and O–H groups in total. The molecule has 102 valence electrons. The lowest BCUT2D eigenvalue weighted by Crippen LogP contribution is -2.37. The quantitative estimate of drug-likeness (QED) is 0.821. The smallest absolute Gasteiger partial charge is 0.326 e. The van der Waals surface area contributed by atoms with Crippen LogP contribution in [-0.4, -0.2) is 30.2 Å². The fourth-order valence-corrected chi connectivity index (χ4v) is 2.80. The number of ether oxygens (including phenoxy) is 1. The highest BCUT2D eigenvalue weighted by Crippen LogP contribution is 2.41. The van der Waals surface area contributed by atoms with Crippen LogP contribution < -0.4 is 5.32 Å². The summed E-state index contributed by atoms with van der Waals surface area (Å²) in [4.78, 5) is 22.9. The fourth-order valence-electron chi connectivity index (χ4n) is 2.18. The predicted molar refractivity (Wildman–Crippen MR) is 70.9 cm³/mol. The molecule has 1 aliphatic rings. The SMILES string of the molecule is COC(=O)[C@H]1C[C@@H](C(=O)O)Nc2cc(Cl)cc(Cl)c21. The number of carbonyl (C=O) groups excluding carboxylic acids is 1. The number of hydrogen-bond donors (Lipinski definition) is 2. The first-order chi connectivity index (χ1) is 8.93. The van der Waals surface area contributed by atoms with Crippen molar-refractivity contribution in [1.82, 2.24) is 0 Å². The van der Waals surface area contributed by atoms with E-state index in [1.54, 1.807) is 6.07 Å². The average molecular weight is 304 g/mol. The van der Waals surface area contributed by atoms with Gasteiger partial charge in [-0.2, -0.15) is 0 Å². The lowest BCUT2D eigenvalue weighted by atomic mass is 9.87. The summed E-state index contributed by atoms with van der Waals surface area (Å²) in [6.45, 7) is 0. The van der Waals surface area contributed by atoms with Gasteiger partial charge in [-0.25, -0.2) is 4.79 Å². The summed E-state index contributed by atoms with van der Waals surface area (Å²) in [6.07, 6.45) is 0.0797. The van der Waals surface area contributed by atoms with Gasteiger partial charge in [-0.15, -0.1) is 0 Å². The lowest BCUT2D eigenvalue weighted by Gasteiger charge is -2.30. The molecular weight excluding hydrogens is 293 g/mol. The summed E-state index contributed by atoms with van der Waals surface area (Å²) in [5, 5.41) is 12.6. The topological polar surface area (TPSA) is 75.6 Å². The van der Waals surface area contributed by atoms with Gasteiger partial charge in [-0.3, -0.25) is 4.79 Å². The monoisotopic (exact) mass is 303 g/mol. The van der Waals surface area contributed by atoms with Crippen LogP contribution in [0.4, 0.5) is 5.69 Å². The molecule has 0 aliphatic carbocycles. The Morgan fingerprint density at radius 2 is 2.11 bits per heavy atom. The van der Waals surface area contributed by atoms with E-state index in [2.05, 4.69) is 5.32 Å². The summed E-state index contributed by atoms with van der Waals surface area (Å²) in [5.74, 6) is -2.28. The molecule has 7 heteroatoms. The van der Waals surface area contributed by atoms with Crippen LogP contribution >= 0.6 is 23.2 Å². The molecule has 0 saturated heterocycles. The number of carbonyl (C=O) groups is 2. The Morgan fingerprint density at radius 1 is 1.42 bits per heavy atom. The molecule has 2 atom stereocenters. The summed E-state index contributed by atoms with van der Waals surface area (Å²) < 4.78 is 4.71. The second-order valence-electron chi connectivity index (χ2n) is 4.20. The number of aliphatic carboxylic acids is 1. The number of methoxy groups -OCH3 is 1. The molecule has 0 amide bonds. The van der Waals surface area contributed by atoms with Crippen LogP contribution in [0.3, 0.4) is 0 Å². The number of halogens is 2. The molecule has 0 aromatic heterocycles. The Labute approximate surface area is 119 Å². The largest absolute Gasteiger partial charge is 0.480 e. The Balaban J connectivity index is 2.53. The van der Waals surface area contributed by atoms with Crippen molar-refractivity contribution in [3.8, 4) is 0 Å². The number of nitrogens with one attached hydrogen (secondary N) is 1. The maximum atomic E-state index is 11.8. The molecule has 0 bridgehead atoms. The van der Waals surface area contributed by atoms with Crippen molar-refractivity contribution in [2.45, 2.75) is 18.4 Å². The second kappa shape index (κ2) is 5.27. The van der Waals surface area contributed by atoms with Gasteiger partial charge >= 0.3 is 11.9 Å². The van der Waals surface area contributed by atoms with E-state index in [0.717, 1.165) is 0 Å². The number of hydrogen-bond acceptors (Lipinski definition) is 4. The molecule has 1 aliphatic heterocycles. The molecule has 0 spiro atoms. The van der Waals surface area contributed by atoms with E-state index in [9.17, 15) is 9.59 Å². The minimum absolute atomic E-state index is 0.0797. The maximum Gasteiger partial charge on any atom is 0.326 e. The van der Waals surface area contributed by atoms with E-state index in [4.69, 9.17) is 33.0 Å². The first-order valence-electron chi connectivity index (χ1n) is 5.50. The van der Waals surface area contributed by atoms with Crippen molar-refractivity contribution in [2.24, 2.45) is 0 Å². The Morgan fingerprint density at radius 3 is 2.68 bits per heavy atom. The van der Waals surface area contributed by atoms with Gasteiger partial charge < -0.3 is 15.2 Å². The molecule has 19 heavy (non-hydrogen) atoms. The minimum Gasteiger partial charge on any atom is -0.480 e. The number of benzene rings is 1. The van der Waals surface area contributed by atoms with E-state index in [-0.39, 0.29) is 6.42 Å².